The van der Waals surface area contributed by atoms with Gasteiger partial charge in [0, 0.05) is 0 Å². The van der Waals surface area contributed by atoms with Gasteiger partial charge in [-0.3, -0.25) is 0 Å². The van der Waals surface area contributed by atoms with Crippen LogP contribution in [0.15, 0.2) is 30.3 Å². The Balaban J connectivity index is 2.86. The molecule has 0 saturated carbocycles. The summed E-state index contributed by atoms with van der Waals surface area (Å²) in [6.07, 6.45) is 0. The molecule has 3 N–H and O–H groups in total. The predicted molar refractivity (Wildman–Crippen MR) is 68.4 cm³/mol. The largest absolute Gasteiger partial charge is 0.344 e. The minimum Gasteiger partial charge on any atom is -0.344 e. The van der Waals surface area contributed by atoms with Gasteiger partial charge < -0.3 is 10.0 Å². The van der Waals surface area contributed by atoms with Crippen molar-refractivity contribution in [3.05, 3.63) is 30.3 Å². The van der Waals surface area contributed by atoms with Gasteiger partial charge in [-0.25, -0.2) is 0 Å². The third-order valence-electron chi connectivity index (χ3n) is 2.01. The first kappa shape index (κ1) is 11.6. The Kier molecular flexibility index (Phi) is 3.31. The van der Waals surface area contributed by atoms with Crippen molar-refractivity contribution < 1.29 is 0 Å². The molecule has 2 nitrogen and oxygen atoms in total. The molecule has 0 aromatic heterocycles. The van der Waals surface area contributed by atoms with E-state index in [9.17, 15) is 0 Å². The average molecular weight is 224 g/mol. The number of rotatable bonds is 3. The van der Waals surface area contributed by atoms with E-state index in [0.29, 0.717) is 0 Å². The van der Waals surface area contributed by atoms with Crippen LogP contribution in [0.3, 0.4) is 0 Å². The summed E-state index contributed by atoms with van der Waals surface area (Å²) in [4.78, 5) is 0. The summed E-state index contributed by atoms with van der Waals surface area (Å²) in [5.41, 5.74) is 0. The Bertz CT molecular complexity index is 291. The zero-order valence-corrected chi connectivity index (χ0v) is 11.5. The van der Waals surface area contributed by atoms with Crippen LogP contribution in [-0.2, 0) is 0 Å². The van der Waals surface area contributed by atoms with Crippen LogP contribution in [0.1, 0.15) is 0 Å². The normalized spacial score (nSPS) is 16.4. The number of nitrogens with one attached hydrogen (secondary N) is 1. The van der Waals surface area contributed by atoms with Gasteiger partial charge in [-0.05, 0) is 11.7 Å². The molecule has 0 fully saturated rings. The molecule has 78 valence electrons. The van der Waals surface area contributed by atoms with Crippen molar-refractivity contribution in [2.45, 2.75) is 26.2 Å². The molecule has 1 unspecified atom stereocenters. The summed E-state index contributed by atoms with van der Waals surface area (Å²) in [6.45, 7) is 9.02. The van der Waals surface area contributed by atoms with Gasteiger partial charge in [0.15, 0.2) is 0 Å². The number of nitrogens with two attached hydrogens (primary N) is 1. The third kappa shape index (κ3) is 3.38. The predicted octanol–water partition coefficient (Wildman–Crippen LogP) is 1.35. The third-order valence-corrected chi connectivity index (χ3v) is 8.62. The number of hydrogen-bond acceptors (Lipinski definition) is 2. The van der Waals surface area contributed by atoms with E-state index in [4.69, 9.17) is 5.40 Å². The molecule has 0 heterocycles. The van der Waals surface area contributed by atoms with Crippen molar-refractivity contribution in [1.29, 1.82) is 0 Å². The molecule has 1 atom stereocenters. The lowest BCUT2D eigenvalue weighted by Gasteiger charge is -2.31. The molecular formula is C10H20N2Si2. The summed E-state index contributed by atoms with van der Waals surface area (Å²) in [6, 6.07) is 10.4. The molecule has 1 aromatic rings. The monoisotopic (exact) mass is 224 g/mol. The second-order valence-electron chi connectivity index (χ2n) is 4.94. The van der Waals surface area contributed by atoms with E-state index >= 15 is 0 Å². The molecular weight excluding hydrogens is 204 g/mol. The highest BCUT2D eigenvalue weighted by Gasteiger charge is 2.30. The van der Waals surface area contributed by atoms with Gasteiger partial charge in [0.05, 0.1) is 0 Å². The minimum atomic E-state index is -1.90. The molecule has 0 aliphatic heterocycles. The van der Waals surface area contributed by atoms with Crippen LogP contribution in [0.5, 0.6) is 0 Å². The van der Waals surface area contributed by atoms with E-state index in [1.807, 2.05) is 6.07 Å². The second kappa shape index (κ2) is 3.98. The van der Waals surface area contributed by atoms with Gasteiger partial charge in [0.2, 0.25) is 8.40 Å². The molecule has 14 heavy (non-hydrogen) atoms. The maximum atomic E-state index is 6.39. The smallest absolute Gasteiger partial charge is 0.221 e. The summed E-state index contributed by atoms with van der Waals surface area (Å²) in [5, 5.41) is 7.67. The molecule has 0 amide bonds. The van der Waals surface area contributed by atoms with Gasteiger partial charge >= 0.3 is 0 Å². The molecule has 0 aliphatic rings. The van der Waals surface area contributed by atoms with Gasteiger partial charge in [-0.15, -0.1) is 0 Å². The maximum absolute atomic E-state index is 6.39. The standard InChI is InChI=1S/C10H20N2Si2/c1-13(2,3)12-14(4,11)10-8-6-5-7-9-10/h5-9,12H,11H2,1-4H3. The first-order chi connectivity index (χ1) is 6.31. The lowest BCUT2D eigenvalue weighted by Crippen LogP contribution is -2.72. The topological polar surface area (TPSA) is 38.0 Å². The average Bonchev–Trinajstić information content (AvgIpc) is 2.01. The Morgan fingerprint density at radius 2 is 1.50 bits per heavy atom. The first-order valence-electron chi connectivity index (χ1n) is 4.95. The van der Waals surface area contributed by atoms with Crippen molar-refractivity contribution in [3.8, 4) is 0 Å². The molecule has 0 saturated heterocycles. The van der Waals surface area contributed by atoms with Crippen molar-refractivity contribution in [2.75, 3.05) is 0 Å². The maximum Gasteiger partial charge on any atom is 0.221 e. The quantitative estimate of drug-likeness (QED) is 0.761. The fourth-order valence-corrected chi connectivity index (χ4v) is 9.33. The molecule has 0 bridgehead atoms. The van der Waals surface area contributed by atoms with E-state index in [1.165, 1.54) is 5.19 Å². The first-order valence-corrected chi connectivity index (χ1v) is 11.0. The molecule has 4 heteroatoms. The van der Waals surface area contributed by atoms with E-state index in [0.717, 1.165) is 0 Å². The Morgan fingerprint density at radius 3 is 1.93 bits per heavy atom. The van der Waals surface area contributed by atoms with E-state index in [1.54, 1.807) is 0 Å². The van der Waals surface area contributed by atoms with E-state index in [2.05, 4.69) is 55.1 Å². The van der Waals surface area contributed by atoms with E-state index < -0.39 is 16.6 Å². The van der Waals surface area contributed by atoms with Crippen molar-refractivity contribution in [1.82, 2.24) is 4.65 Å². The van der Waals surface area contributed by atoms with Crippen LogP contribution in [0.4, 0.5) is 0 Å². The lowest BCUT2D eigenvalue weighted by atomic mass is 10.4. The van der Waals surface area contributed by atoms with Gasteiger partial charge in [0.1, 0.15) is 8.24 Å². The molecule has 1 rings (SSSR count). The van der Waals surface area contributed by atoms with Crippen LogP contribution in [0.25, 0.3) is 0 Å². The van der Waals surface area contributed by atoms with E-state index in [-0.39, 0.29) is 0 Å². The van der Waals surface area contributed by atoms with Crippen molar-refractivity contribution in [3.63, 3.8) is 0 Å². The number of hydrogen-bond donors (Lipinski definition) is 2. The zero-order chi connectivity index (χ0) is 10.8. The van der Waals surface area contributed by atoms with Gasteiger partial charge in [0.25, 0.3) is 0 Å². The minimum absolute atomic E-state index is 1.28. The summed E-state index contributed by atoms with van der Waals surface area (Å²) in [7, 11) is -3.19. The summed E-state index contributed by atoms with van der Waals surface area (Å²) >= 11 is 0. The van der Waals surface area contributed by atoms with Crippen LogP contribution in [0.2, 0.25) is 26.2 Å². The fraction of sp³-hybridized carbons (Fsp3) is 0.400. The lowest BCUT2D eigenvalue weighted by molar-refractivity contribution is 1.29. The van der Waals surface area contributed by atoms with Gasteiger partial charge in [-0.1, -0.05) is 50.0 Å². The zero-order valence-electron chi connectivity index (χ0n) is 9.46. The summed E-state index contributed by atoms with van der Waals surface area (Å²) in [5.74, 6) is 0. The molecule has 0 radical (unpaired) electrons. The van der Waals surface area contributed by atoms with Gasteiger partial charge in [-0.2, -0.15) is 0 Å². The Labute approximate surface area is 88.8 Å². The van der Waals surface area contributed by atoms with Crippen LogP contribution in [0, 0.1) is 0 Å². The second-order valence-corrected chi connectivity index (χ2v) is 13.4. The number of benzene rings is 1. The Hall–Kier alpha value is -0.426. The fourth-order valence-electron chi connectivity index (χ4n) is 1.64. The molecule has 1 aromatic carbocycles. The van der Waals surface area contributed by atoms with Crippen LogP contribution >= 0.6 is 0 Å². The molecule has 0 aliphatic carbocycles. The highest BCUT2D eigenvalue weighted by atomic mass is 28.4. The Morgan fingerprint density at radius 1 is 1.00 bits per heavy atom. The summed E-state index contributed by atoms with van der Waals surface area (Å²) < 4.78 is 3.67. The molecule has 0 spiro atoms. The SMILES string of the molecule is C[Si](C)(C)N[Si](C)(N)c1ccccc1. The van der Waals surface area contributed by atoms with Crippen LogP contribution < -0.4 is 15.2 Å². The van der Waals surface area contributed by atoms with Crippen molar-refractivity contribution >= 4 is 21.8 Å². The highest BCUT2D eigenvalue weighted by Crippen LogP contribution is 2.00. The van der Waals surface area contributed by atoms with Crippen molar-refractivity contribution in [2.24, 2.45) is 5.40 Å². The van der Waals surface area contributed by atoms with Crippen LogP contribution in [-0.4, -0.2) is 16.6 Å². The highest BCUT2D eigenvalue weighted by molar-refractivity contribution is 6.96.